The van der Waals surface area contributed by atoms with Gasteiger partial charge in [0.05, 0.1) is 12.5 Å². The van der Waals surface area contributed by atoms with E-state index in [4.69, 9.17) is 24.8 Å². The number of nitrogen functional groups attached to an aromatic ring is 1. The number of aliphatic carboxylic acids is 1. The molecule has 2 unspecified atom stereocenters. The normalized spacial score (nSPS) is 20.5. The van der Waals surface area contributed by atoms with Gasteiger partial charge in [0.1, 0.15) is 16.8 Å². The van der Waals surface area contributed by atoms with Crippen molar-refractivity contribution in [1.82, 2.24) is 15.3 Å². The molecule has 0 saturated carbocycles. The number of carbonyl (C=O) groups is 1. The van der Waals surface area contributed by atoms with Gasteiger partial charge in [0.15, 0.2) is 11.4 Å². The number of furan rings is 1. The van der Waals surface area contributed by atoms with Gasteiger partial charge in [-0.25, -0.2) is 9.78 Å². The van der Waals surface area contributed by atoms with Gasteiger partial charge in [0.2, 0.25) is 5.95 Å². The molecule has 2 aromatic heterocycles. The molecule has 2 atom stereocenters. The van der Waals surface area contributed by atoms with Crippen LogP contribution in [-0.2, 0) is 4.79 Å². The summed E-state index contributed by atoms with van der Waals surface area (Å²) in [5.41, 5.74) is 8.19. The highest BCUT2D eigenvalue weighted by atomic mass is 19.4. The predicted molar refractivity (Wildman–Crippen MR) is 102 cm³/mol. The van der Waals surface area contributed by atoms with Crippen LogP contribution < -0.4 is 20.7 Å². The number of nitrogens with one attached hydrogen (secondary N) is 1. The van der Waals surface area contributed by atoms with Crippen LogP contribution in [-0.4, -0.2) is 59.5 Å². The number of alkyl halides is 3. The van der Waals surface area contributed by atoms with Crippen molar-refractivity contribution < 1.29 is 32.2 Å². The van der Waals surface area contributed by atoms with Crippen molar-refractivity contribution in [3.05, 3.63) is 18.2 Å². The van der Waals surface area contributed by atoms with Crippen molar-refractivity contribution in [2.75, 3.05) is 30.8 Å². The molecular formula is C18H18F3N5O4. The number of halogens is 3. The quantitative estimate of drug-likeness (QED) is 0.566. The summed E-state index contributed by atoms with van der Waals surface area (Å²) in [4.78, 5) is 20.1. The standard InChI is InChI=1S/C16H17N5O2.C2HF3O2/c1-22-10-2-3-12-11(5-10)13-14(23-12)15(20-16(17)19-13)21-7-8-4-9(21)6-18-8;3-2(4,5)1(6)7/h2-3,5,8-9,18H,4,6-7H2,1H3,(H2,17,19,20);(H,6,7). The zero-order chi connectivity index (χ0) is 21.6. The van der Waals surface area contributed by atoms with Crippen LogP contribution in [0.2, 0.25) is 0 Å². The molecule has 4 N–H and O–H groups in total. The van der Waals surface area contributed by atoms with E-state index in [2.05, 4.69) is 20.2 Å². The number of benzene rings is 1. The Kier molecular flexibility index (Phi) is 4.80. The van der Waals surface area contributed by atoms with Crippen molar-refractivity contribution in [3.8, 4) is 5.75 Å². The molecule has 2 saturated heterocycles. The van der Waals surface area contributed by atoms with Gasteiger partial charge in [-0.1, -0.05) is 0 Å². The van der Waals surface area contributed by atoms with Gasteiger partial charge in [0, 0.05) is 25.2 Å². The van der Waals surface area contributed by atoms with E-state index in [-0.39, 0.29) is 5.95 Å². The van der Waals surface area contributed by atoms with Crippen molar-refractivity contribution in [3.63, 3.8) is 0 Å². The van der Waals surface area contributed by atoms with Gasteiger partial charge in [0.25, 0.3) is 0 Å². The fourth-order valence-electron chi connectivity index (χ4n) is 3.77. The number of hydrogen-bond donors (Lipinski definition) is 3. The average Bonchev–Trinajstić information content (AvgIpc) is 3.40. The van der Waals surface area contributed by atoms with Crippen molar-refractivity contribution in [2.45, 2.75) is 24.7 Å². The van der Waals surface area contributed by atoms with Gasteiger partial charge in [-0.05, 0) is 24.6 Å². The Morgan fingerprint density at radius 1 is 1.40 bits per heavy atom. The molecule has 160 valence electrons. The number of nitrogens with two attached hydrogens (primary N) is 1. The van der Waals surface area contributed by atoms with E-state index in [0.717, 1.165) is 47.6 Å². The number of carboxylic acids is 1. The summed E-state index contributed by atoms with van der Waals surface area (Å²) < 4.78 is 43.1. The third-order valence-corrected chi connectivity index (χ3v) is 5.09. The summed E-state index contributed by atoms with van der Waals surface area (Å²) in [7, 11) is 1.65. The summed E-state index contributed by atoms with van der Waals surface area (Å²) in [6.45, 7) is 1.90. The maximum absolute atomic E-state index is 10.6. The monoisotopic (exact) mass is 425 g/mol. The number of hydrogen-bond acceptors (Lipinski definition) is 8. The lowest BCUT2D eigenvalue weighted by Crippen LogP contribution is -2.44. The number of carboxylic acid groups (broad SMARTS) is 1. The molecule has 0 radical (unpaired) electrons. The van der Waals surface area contributed by atoms with Crippen molar-refractivity contribution in [2.24, 2.45) is 0 Å². The van der Waals surface area contributed by atoms with Crippen molar-refractivity contribution in [1.29, 1.82) is 0 Å². The van der Waals surface area contributed by atoms with Gasteiger partial charge in [-0.15, -0.1) is 0 Å². The Hall–Kier alpha value is -3.28. The maximum atomic E-state index is 10.6. The molecule has 1 aromatic carbocycles. The minimum Gasteiger partial charge on any atom is -0.497 e. The van der Waals surface area contributed by atoms with Crippen LogP contribution in [0, 0.1) is 0 Å². The minimum atomic E-state index is -5.08. The third kappa shape index (κ3) is 3.54. The molecule has 12 heteroatoms. The van der Waals surface area contributed by atoms with Crippen LogP contribution in [0.4, 0.5) is 24.9 Å². The van der Waals surface area contributed by atoms with Crippen LogP contribution in [0.3, 0.4) is 0 Å². The molecular weight excluding hydrogens is 407 g/mol. The molecule has 2 aliphatic heterocycles. The molecule has 0 spiro atoms. The van der Waals surface area contributed by atoms with E-state index in [1.165, 1.54) is 0 Å². The number of ether oxygens (including phenoxy) is 1. The highest BCUT2D eigenvalue weighted by Gasteiger charge is 2.40. The Balaban J connectivity index is 0.000000272. The highest BCUT2D eigenvalue weighted by Crippen LogP contribution is 2.38. The SMILES string of the molecule is COc1ccc2oc3c(N4CC5CC4CN5)nc(N)nc3c2c1.O=C(O)C(F)(F)F. The summed E-state index contributed by atoms with van der Waals surface area (Å²) in [6.07, 6.45) is -3.94. The Morgan fingerprint density at radius 3 is 2.70 bits per heavy atom. The molecule has 4 heterocycles. The highest BCUT2D eigenvalue weighted by molar-refractivity contribution is 6.06. The van der Waals surface area contributed by atoms with Gasteiger partial charge in [-0.3, -0.25) is 0 Å². The number of piperazine rings is 1. The first-order valence-corrected chi connectivity index (χ1v) is 9.01. The first kappa shape index (κ1) is 20.0. The Morgan fingerprint density at radius 2 is 2.13 bits per heavy atom. The maximum Gasteiger partial charge on any atom is 0.490 e. The second kappa shape index (κ2) is 7.20. The Labute approximate surface area is 167 Å². The summed E-state index contributed by atoms with van der Waals surface area (Å²) in [5, 5.41) is 11.5. The molecule has 30 heavy (non-hydrogen) atoms. The van der Waals surface area contributed by atoms with Crippen LogP contribution in [0.15, 0.2) is 22.6 Å². The molecule has 3 aromatic rings. The van der Waals surface area contributed by atoms with Crippen LogP contribution in [0.25, 0.3) is 22.1 Å². The fraction of sp³-hybridized carbons (Fsp3) is 0.389. The van der Waals surface area contributed by atoms with Gasteiger partial charge >= 0.3 is 12.1 Å². The number of methoxy groups -OCH3 is 1. The lowest BCUT2D eigenvalue weighted by atomic mass is 10.2. The molecule has 9 nitrogen and oxygen atoms in total. The first-order chi connectivity index (χ1) is 14.2. The average molecular weight is 425 g/mol. The van der Waals surface area contributed by atoms with Crippen LogP contribution >= 0.6 is 0 Å². The zero-order valence-corrected chi connectivity index (χ0v) is 15.7. The number of anilines is 2. The van der Waals surface area contributed by atoms with E-state index in [0.29, 0.717) is 17.7 Å². The summed E-state index contributed by atoms with van der Waals surface area (Å²) in [6, 6.07) is 6.67. The molecule has 0 aliphatic carbocycles. The number of fused-ring (bicyclic) bond motifs is 5. The number of aromatic nitrogens is 2. The van der Waals surface area contributed by atoms with Crippen LogP contribution in [0.5, 0.6) is 5.75 Å². The van der Waals surface area contributed by atoms with Crippen molar-refractivity contribution >= 4 is 39.8 Å². The van der Waals surface area contributed by atoms with E-state index in [9.17, 15) is 13.2 Å². The van der Waals surface area contributed by atoms with E-state index < -0.39 is 12.1 Å². The van der Waals surface area contributed by atoms with Gasteiger partial charge < -0.3 is 30.2 Å². The smallest absolute Gasteiger partial charge is 0.490 e. The third-order valence-electron chi connectivity index (χ3n) is 5.09. The van der Waals surface area contributed by atoms with Crippen LogP contribution in [0.1, 0.15) is 6.42 Å². The van der Waals surface area contributed by atoms with E-state index >= 15 is 0 Å². The lowest BCUT2D eigenvalue weighted by Gasteiger charge is -2.28. The largest absolute Gasteiger partial charge is 0.497 e. The predicted octanol–water partition coefficient (Wildman–Crippen LogP) is 2.15. The molecule has 2 aliphatic rings. The van der Waals surface area contributed by atoms with Gasteiger partial charge in [-0.2, -0.15) is 18.2 Å². The first-order valence-electron chi connectivity index (χ1n) is 9.01. The zero-order valence-electron chi connectivity index (χ0n) is 15.7. The fourth-order valence-corrected chi connectivity index (χ4v) is 3.77. The van der Waals surface area contributed by atoms with E-state index in [1.54, 1.807) is 7.11 Å². The number of nitrogens with zero attached hydrogens (tertiary/aromatic N) is 3. The second-order valence-corrected chi connectivity index (χ2v) is 7.00. The minimum absolute atomic E-state index is 0.272. The Bertz CT molecular complexity index is 1120. The molecule has 0 amide bonds. The van der Waals surface area contributed by atoms with E-state index in [1.807, 2.05) is 18.2 Å². The molecule has 2 bridgehead atoms. The molecule has 5 rings (SSSR count). The lowest BCUT2D eigenvalue weighted by molar-refractivity contribution is -0.192. The topological polar surface area (TPSA) is 127 Å². The summed E-state index contributed by atoms with van der Waals surface area (Å²) in [5.74, 6) is -0.915. The summed E-state index contributed by atoms with van der Waals surface area (Å²) >= 11 is 0. The number of rotatable bonds is 2. The molecule has 2 fully saturated rings. The second-order valence-electron chi connectivity index (χ2n) is 7.00.